The minimum absolute atomic E-state index is 0.437. The predicted molar refractivity (Wildman–Crippen MR) is 64.8 cm³/mol. The van der Waals surface area contributed by atoms with Gasteiger partial charge in [-0.05, 0) is 65.0 Å². The highest BCUT2D eigenvalue weighted by Crippen LogP contribution is 2.36. The van der Waals surface area contributed by atoms with E-state index in [0.29, 0.717) is 5.54 Å². The Balaban J connectivity index is 1.97. The van der Waals surface area contributed by atoms with E-state index in [1.807, 2.05) is 0 Å². The smallest absolute Gasteiger partial charge is 0.0156 e. The van der Waals surface area contributed by atoms with Crippen molar-refractivity contribution < 1.29 is 0 Å². The third kappa shape index (κ3) is 2.36. The lowest BCUT2D eigenvalue weighted by Gasteiger charge is -2.46. The minimum Gasteiger partial charge on any atom is -0.330 e. The first kappa shape index (κ1) is 11.4. The van der Waals surface area contributed by atoms with Crippen LogP contribution >= 0.6 is 0 Å². The molecule has 88 valence electrons. The molecule has 0 aromatic carbocycles. The summed E-state index contributed by atoms with van der Waals surface area (Å²) < 4.78 is 0. The van der Waals surface area contributed by atoms with Crippen molar-refractivity contribution in [3.63, 3.8) is 0 Å². The van der Waals surface area contributed by atoms with Gasteiger partial charge in [0.1, 0.15) is 0 Å². The van der Waals surface area contributed by atoms with Crippen molar-refractivity contribution in [1.29, 1.82) is 0 Å². The van der Waals surface area contributed by atoms with Gasteiger partial charge in [0.15, 0.2) is 0 Å². The normalized spacial score (nSPS) is 37.0. The van der Waals surface area contributed by atoms with Crippen molar-refractivity contribution in [1.82, 2.24) is 4.90 Å². The van der Waals surface area contributed by atoms with Crippen molar-refractivity contribution in [3.05, 3.63) is 0 Å². The van der Waals surface area contributed by atoms with Gasteiger partial charge in [-0.3, -0.25) is 4.90 Å². The molecule has 2 fully saturated rings. The molecule has 2 atom stereocenters. The van der Waals surface area contributed by atoms with Crippen LogP contribution in [0.3, 0.4) is 0 Å². The van der Waals surface area contributed by atoms with Gasteiger partial charge in [-0.1, -0.05) is 6.42 Å². The molecular weight excluding hydrogens is 184 g/mol. The van der Waals surface area contributed by atoms with Gasteiger partial charge in [-0.2, -0.15) is 0 Å². The Morgan fingerprint density at radius 1 is 1.27 bits per heavy atom. The highest BCUT2D eigenvalue weighted by molar-refractivity contribution is 4.93. The van der Waals surface area contributed by atoms with Crippen LogP contribution in [0.4, 0.5) is 0 Å². The van der Waals surface area contributed by atoms with Crippen LogP contribution in [-0.4, -0.2) is 29.6 Å². The fourth-order valence-corrected chi connectivity index (χ4v) is 3.51. The van der Waals surface area contributed by atoms with E-state index >= 15 is 0 Å². The summed E-state index contributed by atoms with van der Waals surface area (Å²) in [5.41, 5.74) is 6.21. The molecule has 2 nitrogen and oxygen atoms in total. The minimum atomic E-state index is 0.437. The zero-order chi connectivity index (χ0) is 10.9. The summed E-state index contributed by atoms with van der Waals surface area (Å²) >= 11 is 0. The van der Waals surface area contributed by atoms with E-state index in [-0.39, 0.29) is 0 Å². The molecule has 0 spiro atoms. The van der Waals surface area contributed by atoms with Crippen molar-refractivity contribution in [2.45, 2.75) is 64.0 Å². The summed E-state index contributed by atoms with van der Waals surface area (Å²) in [5.74, 6) is 0.799. The van der Waals surface area contributed by atoms with Crippen LogP contribution in [0.2, 0.25) is 0 Å². The maximum absolute atomic E-state index is 5.77. The molecule has 1 heterocycles. The van der Waals surface area contributed by atoms with Crippen molar-refractivity contribution in [3.8, 4) is 0 Å². The molecule has 2 N–H and O–H groups in total. The van der Waals surface area contributed by atoms with Gasteiger partial charge in [0.2, 0.25) is 0 Å². The number of nitrogens with zero attached hydrogens (tertiary/aromatic N) is 1. The molecule has 1 saturated heterocycles. The quantitative estimate of drug-likeness (QED) is 0.758. The summed E-state index contributed by atoms with van der Waals surface area (Å²) in [5, 5.41) is 0. The van der Waals surface area contributed by atoms with Gasteiger partial charge >= 0.3 is 0 Å². The van der Waals surface area contributed by atoms with Gasteiger partial charge in [-0.25, -0.2) is 0 Å². The van der Waals surface area contributed by atoms with E-state index in [1.54, 1.807) is 0 Å². The molecular formula is C13H26N2. The first-order valence-corrected chi connectivity index (χ1v) is 6.60. The van der Waals surface area contributed by atoms with Crippen LogP contribution in [0.15, 0.2) is 0 Å². The Morgan fingerprint density at radius 2 is 2.07 bits per heavy atom. The molecule has 2 aliphatic rings. The lowest BCUT2D eigenvalue weighted by molar-refractivity contribution is 0.0341. The van der Waals surface area contributed by atoms with Crippen molar-refractivity contribution in [2.75, 3.05) is 13.1 Å². The number of hydrogen-bond acceptors (Lipinski definition) is 2. The molecule has 1 aliphatic heterocycles. The molecule has 1 aliphatic carbocycles. The second kappa shape index (κ2) is 4.42. The van der Waals surface area contributed by atoms with Gasteiger partial charge in [0, 0.05) is 11.6 Å². The molecule has 0 amide bonds. The van der Waals surface area contributed by atoms with Crippen molar-refractivity contribution >= 4 is 0 Å². The second-order valence-electron chi connectivity index (χ2n) is 6.03. The summed E-state index contributed by atoms with van der Waals surface area (Å²) in [7, 11) is 0. The molecule has 1 saturated carbocycles. The fourth-order valence-electron chi connectivity index (χ4n) is 3.51. The molecule has 15 heavy (non-hydrogen) atoms. The highest BCUT2D eigenvalue weighted by Gasteiger charge is 2.37. The van der Waals surface area contributed by atoms with Crippen LogP contribution in [0.1, 0.15) is 52.4 Å². The molecule has 0 aromatic heterocycles. The average Bonchev–Trinajstić information content (AvgIpc) is 2.65. The third-order valence-corrected chi connectivity index (χ3v) is 4.50. The number of likely N-dealkylation sites (tertiary alicyclic amines) is 1. The molecule has 2 heteroatoms. The number of piperidine rings is 1. The maximum atomic E-state index is 5.77. The van der Waals surface area contributed by atoms with E-state index in [2.05, 4.69) is 18.7 Å². The van der Waals surface area contributed by atoms with Crippen LogP contribution in [-0.2, 0) is 0 Å². The lowest BCUT2D eigenvalue weighted by Crippen LogP contribution is -2.52. The predicted octanol–water partition coefficient (Wildman–Crippen LogP) is 2.38. The van der Waals surface area contributed by atoms with Crippen LogP contribution < -0.4 is 5.73 Å². The first-order chi connectivity index (χ1) is 7.13. The zero-order valence-electron chi connectivity index (χ0n) is 10.3. The molecule has 2 unspecified atom stereocenters. The van der Waals surface area contributed by atoms with E-state index in [4.69, 9.17) is 5.73 Å². The summed E-state index contributed by atoms with van der Waals surface area (Å²) in [4.78, 5) is 2.77. The Kier molecular flexibility index (Phi) is 3.36. The maximum Gasteiger partial charge on any atom is 0.0156 e. The SMILES string of the molecule is CC1(C)CCCCN1C1CCC(CN)C1. The molecule has 0 bridgehead atoms. The molecule has 0 radical (unpaired) electrons. The van der Waals surface area contributed by atoms with E-state index in [9.17, 15) is 0 Å². The van der Waals surface area contributed by atoms with E-state index in [1.165, 1.54) is 45.1 Å². The third-order valence-electron chi connectivity index (χ3n) is 4.50. The standard InChI is InChI=1S/C13H26N2/c1-13(2)7-3-4-8-15(13)12-6-5-11(9-12)10-14/h11-12H,3-10,14H2,1-2H3. The van der Waals surface area contributed by atoms with E-state index in [0.717, 1.165) is 18.5 Å². The van der Waals surface area contributed by atoms with Gasteiger partial charge in [0.05, 0.1) is 0 Å². The van der Waals surface area contributed by atoms with Crippen LogP contribution in [0, 0.1) is 5.92 Å². The van der Waals surface area contributed by atoms with E-state index < -0.39 is 0 Å². The summed E-state index contributed by atoms with van der Waals surface area (Å²) in [6.45, 7) is 7.05. The monoisotopic (exact) mass is 210 g/mol. The Labute approximate surface area is 94.2 Å². The molecule has 0 aromatic rings. The fraction of sp³-hybridized carbons (Fsp3) is 1.00. The van der Waals surface area contributed by atoms with Crippen LogP contribution in [0.5, 0.6) is 0 Å². The lowest BCUT2D eigenvalue weighted by atomic mass is 9.88. The number of nitrogens with two attached hydrogens (primary N) is 1. The van der Waals surface area contributed by atoms with Gasteiger partial charge in [0.25, 0.3) is 0 Å². The number of rotatable bonds is 2. The zero-order valence-corrected chi connectivity index (χ0v) is 10.3. The largest absolute Gasteiger partial charge is 0.330 e. The highest BCUT2D eigenvalue weighted by atomic mass is 15.2. The van der Waals surface area contributed by atoms with Gasteiger partial charge < -0.3 is 5.73 Å². The summed E-state index contributed by atoms with van der Waals surface area (Å²) in [6, 6.07) is 0.828. The van der Waals surface area contributed by atoms with Gasteiger partial charge in [-0.15, -0.1) is 0 Å². The topological polar surface area (TPSA) is 29.3 Å². The van der Waals surface area contributed by atoms with Crippen LogP contribution in [0.25, 0.3) is 0 Å². The second-order valence-corrected chi connectivity index (χ2v) is 6.03. The summed E-state index contributed by atoms with van der Waals surface area (Å²) in [6.07, 6.45) is 8.26. The Bertz CT molecular complexity index is 213. The van der Waals surface area contributed by atoms with Crippen molar-refractivity contribution in [2.24, 2.45) is 11.7 Å². The number of hydrogen-bond donors (Lipinski definition) is 1. The first-order valence-electron chi connectivity index (χ1n) is 6.60. The Morgan fingerprint density at radius 3 is 2.67 bits per heavy atom. The molecule has 2 rings (SSSR count). The average molecular weight is 210 g/mol. The Hall–Kier alpha value is -0.0800.